The number of aromatic nitrogens is 1. The molecule has 2 aromatic rings. The molecular formula is C15H17FN2. The van der Waals surface area contributed by atoms with Crippen LogP contribution in [0.2, 0.25) is 0 Å². The predicted molar refractivity (Wildman–Crippen MR) is 70.6 cm³/mol. The molecule has 0 amide bonds. The molecule has 0 aliphatic rings. The maximum atomic E-state index is 13.0. The first-order valence-electron chi connectivity index (χ1n) is 6.11. The average molecular weight is 244 g/mol. The van der Waals surface area contributed by atoms with E-state index in [2.05, 4.69) is 17.2 Å². The van der Waals surface area contributed by atoms with Crippen LogP contribution >= 0.6 is 0 Å². The number of benzene rings is 1. The van der Waals surface area contributed by atoms with Gasteiger partial charge in [0, 0.05) is 25.0 Å². The lowest BCUT2D eigenvalue weighted by Crippen LogP contribution is -2.27. The predicted octanol–water partition coefficient (Wildman–Crippen LogP) is 2.94. The van der Waals surface area contributed by atoms with Gasteiger partial charge in [-0.25, -0.2) is 4.39 Å². The van der Waals surface area contributed by atoms with Gasteiger partial charge in [-0.05, 0) is 48.7 Å². The van der Waals surface area contributed by atoms with Crippen molar-refractivity contribution in [3.8, 4) is 0 Å². The van der Waals surface area contributed by atoms with Crippen LogP contribution in [-0.4, -0.2) is 11.0 Å². The van der Waals surface area contributed by atoms with E-state index in [0.717, 1.165) is 18.5 Å². The first kappa shape index (κ1) is 12.7. The lowest BCUT2D eigenvalue weighted by Gasteiger charge is -2.13. The van der Waals surface area contributed by atoms with Gasteiger partial charge in [-0.3, -0.25) is 4.98 Å². The van der Waals surface area contributed by atoms with Crippen molar-refractivity contribution in [2.24, 2.45) is 0 Å². The van der Waals surface area contributed by atoms with Gasteiger partial charge in [-0.2, -0.15) is 0 Å². The zero-order valence-corrected chi connectivity index (χ0v) is 10.4. The number of nitrogens with one attached hydrogen (secondary N) is 1. The van der Waals surface area contributed by atoms with E-state index >= 15 is 0 Å². The molecule has 3 heteroatoms. The lowest BCUT2D eigenvalue weighted by molar-refractivity contribution is 0.542. The molecule has 0 aliphatic carbocycles. The summed E-state index contributed by atoms with van der Waals surface area (Å²) in [4.78, 5) is 3.98. The Morgan fingerprint density at radius 2 is 1.94 bits per heavy atom. The van der Waals surface area contributed by atoms with E-state index < -0.39 is 0 Å². The van der Waals surface area contributed by atoms with Crippen LogP contribution in [0.5, 0.6) is 0 Å². The first-order valence-corrected chi connectivity index (χ1v) is 6.11. The van der Waals surface area contributed by atoms with E-state index in [4.69, 9.17) is 0 Å². The van der Waals surface area contributed by atoms with Crippen LogP contribution in [0.25, 0.3) is 0 Å². The molecule has 1 aromatic heterocycles. The van der Waals surface area contributed by atoms with Gasteiger partial charge in [0.15, 0.2) is 0 Å². The highest BCUT2D eigenvalue weighted by molar-refractivity contribution is 5.17. The normalized spacial score (nSPS) is 12.3. The summed E-state index contributed by atoms with van der Waals surface area (Å²) in [6.07, 6.45) is 4.39. The topological polar surface area (TPSA) is 24.9 Å². The minimum absolute atomic E-state index is 0.172. The summed E-state index contributed by atoms with van der Waals surface area (Å²) in [5, 5.41) is 3.42. The third-order valence-corrected chi connectivity index (χ3v) is 2.83. The number of pyridine rings is 1. The Bertz CT molecular complexity index is 485. The molecule has 2 rings (SSSR count). The molecule has 0 fully saturated rings. The smallest absolute Gasteiger partial charge is 0.123 e. The van der Waals surface area contributed by atoms with Crippen LogP contribution in [0.1, 0.15) is 18.1 Å². The number of rotatable bonds is 5. The number of halogens is 1. The monoisotopic (exact) mass is 244 g/mol. The largest absolute Gasteiger partial charge is 0.310 e. The van der Waals surface area contributed by atoms with E-state index in [-0.39, 0.29) is 5.82 Å². The Balaban J connectivity index is 1.84. The third-order valence-electron chi connectivity index (χ3n) is 2.83. The van der Waals surface area contributed by atoms with E-state index in [0.29, 0.717) is 6.04 Å². The zero-order valence-electron chi connectivity index (χ0n) is 10.4. The molecular weight excluding hydrogens is 227 g/mol. The van der Waals surface area contributed by atoms with Crippen molar-refractivity contribution in [2.75, 3.05) is 0 Å². The molecule has 1 atom stereocenters. The third kappa shape index (κ3) is 3.93. The maximum Gasteiger partial charge on any atom is 0.123 e. The second-order valence-corrected chi connectivity index (χ2v) is 4.47. The van der Waals surface area contributed by atoms with Gasteiger partial charge in [0.05, 0.1) is 0 Å². The van der Waals surface area contributed by atoms with E-state index in [9.17, 15) is 4.39 Å². The van der Waals surface area contributed by atoms with Crippen molar-refractivity contribution in [3.05, 3.63) is 65.7 Å². The van der Waals surface area contributed by atoms with Gasteiger partial charge in [0.2, 0.25) is 0 Å². The van der Waals surface area contributed by atoms with Gasteiger partial charge in [0.1, 0.15) is 5.82 Å². The molecule has 1 aromatic carbocycles. The van der Waals surface area contributed by atoms with Gasteiger partial charge in [0.25, 0.3) is 0 Å². The summed E-state index contributed by atoms with van der Waals surface area (Å²) < 4.78 is 13.0. The fourth-order valence-corrected chi connectivity index (χ4v) is 1.88. The van der Waals surface area contributed by atoms with Crippen molar-refractivity contribution in [3.63, 3.8) is 0 Å². The molecule has 0 spiro atoms. The number of hydrogen-bond acceptors (Lipinski definition) is 2. The Hall–Kier alpha value is -1.74. The molecule has 1 unspecified atom stereocenters. The van der Waals surface area contributed by atoms with E-state index in [1.165, 1.54) is 11.6 Å². The molecule has 1 N–H and O–H groups in total. The van der Waals surface area contributed by atoms with Crippen LogP contribution in [0.15, 0.2) is 48.8 Å². The lowest BCUT2D eigenvalue weighted by atomic mass is 10.1. The van der Waals surface area contributed by atoms with Crippen LogP contribution in [-0.2, 0) is 13.0 Å². The highest BCUT2D eigenvalue weighted by atomic mass is 19.1. The second-order valence-electron chi connectivity index (χ2n) is 4.47. The summed E-state index contributed by atoms with van der Waals surface area (Å²) in [6.45, 7) is 2.91. The molecule has 0 aliphatic heterocycles. The van der Waals surface area contributed by atoms with Crippen LogP contribution in [0.4, 0.5) is 4.39 Å². The fourth-order valence-electron chi connectivity index (χ4n) is 1.88. The Morgan fingerprint density at radius 1 is 1.17 bits per heavy atom. The molecule has 0 saturated heterocycles. The Labute approximate surface area is 107 Å². The molecule has 18 heavy (non-hydrogen) atoms. The highest BCUT2D eigenvalue weighted by Crippen LogP contribution is 2.07. The Morgan fingerprint density at radius 3 is 2.67 bits per heavy atom. The fraction of sp³-hybridized carbons (Fsp3) is 0.267. The maximum absolute atomic E-state index is 13.0. The molecule has 94 valence electrons. The van der Waals surface area contributed by atoms with Crippen molar-refractivity contribution in [1.29, 1.82) is 0 Å². The number of hydrogen-bond donors (Lipinski definition) is 1. The second kappa shape index (κ2) is 6.26. The van der Waals surface area contributed by atoms with Crippen LogP contribution in [0.3, 0.4) is 0 Å². The summed E-state index contributed by atoms with van der Waals surface area (Å²) in [7, 11) is 0. The highest BCUT2D eigenvalue weighted by Gasteiger charge is 2.04. The SMILES string of the molecule is CC(Cc1cccc(F)c1)NCc1ccncc1. The van der Waals surface area contributed by atoms with Crippen LogP contribution < -0.4 is 5.32 Å². The van der Waals surface area contributed by atoms with Crippen molar-refractivity contribution >= 4 is 0 Å². The van der Waals surface area contributed by atoms with Gasteiger partial charge < -0.3 is 5.32 Å². The molecule has 0 bridgehead atoms. The molecule has 0 radical (unpaired) electrons. The molecule has 2 nitrogen and oxygen atoms in total. The summed E-state index contributed by atoms with van der Waals surface area (Å²) >= 11 is 0. The zero-order chi connectivity index (χ0) is 12.8. The van der Waals surface area contributed by atoms with Crippen LogP contribution in [0, 0.1) is 5.82 Å². The summed E-state index contributed by atoms with van der Waals surface area (Å²) in [5.41, 5.74) is 2.22. The first-order chi connectivity index (χ1) is 8.74. The quantitative estimate of drug-likeness (QED) is 0.874. The molecule has 0 saturated carbocycles. The van der Waals surface area contributed by atoms with Crippen molar-refractivity contribution < 1.29 is 4.39 Å². The average Bonchev–Trinajstić information content (AvgIpc) is 2.38. The molecule has 1 heterocycles. The minimum atomic E-state index is -0.172. The van der Waals surface area contributed by atoms with E-state index in [1.54, 1.807) is 24.5 Å². The van der Waals surface area contributed by atoms with E-state index in [1.807, 2.05) is 18.2 Å². The van der Waals surface area contributed by atoms with Crippen molar-refractivity contribution in [1.82, 2.24) is 10.3 Å². The Kier molecular flexibility index (Phi) is 4.42. The summed E-state index contributed by atoms with van der Waals surface area (Å²) in [6, 6.07) is 11.0. The standard InChI is InChI=1S/C15H17FN2/c1-12(9-14-3-2-4-15(16)10-14)18-11-13-5-7-17-8-6-13/h2-8,10,12,18H,9,11H2,1H3. The minimum Gasteiger partial charge on any atom is -0.310 e. The summed E-state index contributed by atoms with van der Waals surface area (Å²) in [5.74, 6) is -0.172. The van der Waals surface area contributed by atoms with Gasteiger partial charge in [-0.15, -0.1) is 0 Å². The van der Waals surface area contributed by atoms with Gasteiger partial charge in [-0.1, -0.05) is 12.1 Å². The number of nitrogens with zero attached hydrogens (tertiary/aromatic N) is 1. The van der Waals surface area contributed by atoms with Gasteiger partial charge >= 0.3 is 0 Å². The van der Waals surface area contributed by atoms with Crippen molar-refractivity contribution in [2.45, 2.75) is 25.9 Å².